The number of amides is 1. The lowest BCUT2D eigenvalue weighted by Gasteiger charge is -2.31. The highest BCUT2D eigenvalue weighted by Gasteiger charge is 2.25. The molecule has 0 aromatic heterocycles. The molecule has 1 heterocycles. The SMILES string of the molecule is COc1ccc(NS(=O)(=O)c2ccc(NC(=O)C3CCN(Cc4cccc(C)c4)CC3)cc2)cc1. The lowest BCUT2D eigenvalue weighted by Crippen LogP contribution is -2.37. The Balaban J connectivity index is 1.29. The number of nitrogens with zero attached hydrogens (tertiary/aromatic N) is 1. The zero-order chi connectivity index (χ0) is 24.8. The van der Waals surface area contributed by atoms with Gasteiger partial charge in [0.25, 0.3) is 10.0 Å². The molecule has 35 heavy (non-hydrogen) atoms. The van der Waals surface area contributed by atoms with Gasteiger partial charge in [-0.15, -0.1) is 0 Å². The van der Waals surface area contributed by atoms with Crippen LogP contribution in [0, 0.1) is 12.8 Å². The summed E-state index contributed by atoms with van der Waals surface area (Å²) in [5.41, 5.74) is 3.58. The Bertz CT molecular complexity index is 1250. The van der Waals surface area contributed by atoms with Gasteiger partial charge < -0.3 is 10.1 Å². The van der Waals surface area contributed by atoms with E-state index in [0.717, 1.165) is 32.5 Å². The van der Waals surface area contributed by atoms with Crippen molar-refractivity contribution in [3.05, 3.63) is 83.9 Å². The summed E-state index contributed by atoms with van der Waals surface area (Å²) in [6.07, 6.45) is 1.60. The van der Waals surface area contributed by atoms with E-state index < -0.39 is 10.0 Å². The number of aryl methyl sites for hydroxylation is 1. The van der Waals surface area contributed by atoms with Crippen LogP contribution in [0.4, 0.5) is 11.4 Å². The van der Waals surface area contributed by atoms with Crippen molar-refractivity contribution in [1.82, 2.24) is 4.90 Å². The number of sulfonamides is 1. The Labute approximate surface area is 207 Å². The number of carbonyl (C=O) groups is 1. The average Bonchev–Trinajstić information content (AvgIpc) is 2.85. The summed E-state index contributed by atoms with van der Waals surface area (Å²) in [5.74, 6) is 0.570. The number of likely N-dealkylation sites (tertiary alicyclic amines) is 1. The maximum Gasteiger partial charge on any atom is 0.261 e. The van der Waals surface area contributed by atoms with Gasteiger partial charge in [0.2, 0.25) is 5.91 Å². The molecule has 0 bridgehead atoms. The number of hydrogen-bond donors (Lipinski definition) is 2. The third-order valence-electron chi connectivity index (χ3n) is 6.22. The zero-order valence-electron chi connectivity index (χ0n) is 20.0. The molecule has 1 aliphatic rings. The number of methoxy groups -OCH3 is 1. The van der Waals surface area contributed by atoms with Crippen molar-refractivity contribution in [2.24, 2.45) is 5.92 Å². The number of hydrogen-bond acceptors (Lipinski definition) is 5. The lowest BCUT2D eigenvalue weighted by atomic mass is 9.95. The molecule has 0 atom stereocenters. The van der Waals surface area contributed by atoms with Gasteiger partial charge in [0.05, 0.1) is 12.0 Å². The minimum Gasteiger partial charge on any atom is -0.497 e. The van der Waals surface area contributed by atoms with Crippen molar-refractivity contribution in [2.75, 3.05) is 30.2 Å². The molecule has 0 spiro atoms. The van der Waals surface area contributed by atoms with Crippen LogP contribution >= 0.6 is 0 Å². The van der Waals surface area contributed by atoms with Gasteiger partial charge in [-0.1, -0.05) is 29.8 Å². The van der Waals surface area contributed by atoms with E-state index in [-0.39, 0.29) is 16.7 Å². The lowest BCUT2D eigenvalue weighted by molar-refractivity contribution is -0.121. The Kier molecular flexibility index (Phi) is 7.73. The van der Waals surface area contributed by atoms with Crippen molar-refractivity contribution in [2.45, 2.75) is 31.2 Å². The van der Waals surface area contributed by atoms with E-state index in [1.165, 1.54) is 23.3 Å². The third-order valence-corrected chi connectivity index (χ3v) is 7.62. The summed E-state index contributed by atoms with van der Waals surface area (Å²) in [5, 5.41) is 2.94. The van der Waals surface area contributed by atoms with Crippen molar-refractivity contribution in [3.8, 4) is 5.75 Å². The van der Waals surface area contributed by atoms with Crippen LogP contribution in [-0.4, -0.2) is 39.4 Å². The van der Waals surface area contributed by atoms with Crippen molar-refractivity contribution in [3.63, 3.8) is 0 Å². The molecule has 0 radical (unpaired) electrons. The van der Waals surface area contributed by atoms with Crippen molar-refractivity contribution in [1.29, 1.82) is 0 Å². The van der Waals surface area contributed by atoms with Gasteiger partial charge in [0.15, 0.2) is 0 Å². The molecule has 2 N–H and O–H groups in total. The predicted octanol–water partition coefficient (Wildman–Crippen LogP) is 4.66. The second kappa shape index (κ2) is 10.9. The molecule has 3 aromatic rings. The molecule has 1 saturated heterocycles. The van der Waals surface area contributed by atoms with E-state index in [0.29, 0.717) is 17.1 Å². The highest BCUT2D eigenvalue weighted by atomic mass is 32.2. The van der Waals surface area contributed by atoms with Crippen LogP contribution in [0.25, 0.3) is 0 Å². The molecule has 7 nitrogen and oxygen atoms in total. The molecule has 0 aliphatic carbocycles. The minimum absolute atomic E-state index is 0.0211. The number of nitrogens with one attached hydrogen (secondary N) is 2. The molecule has 184 valence electrons. The zero-order valence-corrected chi connectivity index (χ0v) is 20.8. The fourth-order valence-corrected chi connectivity index (χ4v) is 5.32. The van der Waals surface area contributed by atoms with Gasteiger partial charge in [0, 0.05) is 23.8 Å². The van der Waals surface area contributed by atoms with Crippen LogP contribution in [0.2, 0.25) is 0 Å². The average molecular weight is 494 g/mol. The Morgan fingerprint density at radius 2 is 1.63 bits per heavy atom. The summed E-state index contributed by atoms with van der Waals surface area (Å²) < 4.78 is 33.0. The summed E-state index contributed by atoms with van der Waals surface area (Å²) in [6, 6.07) is 21.4. The molecule has 1 amide bonds. The van der Waals surface area contributed by atoms with Crippen LogP contribution < -0.4 is 14.8 Å². The van der Waals surface area contributed by atoms with E-state index in [9.17, 15) is 13.2 Å². The quantitative estimate of drug-likeness (QED) is 0.477. The highest BCUT2D eigenvalue weighted by Crippen LogP contribution is 2.23. The van der Waals surface area contributed by atoms with E-state index >= 15 is 0 Å². The maximum atomic E-state index is 12.8. The standard InChI is InChI=1S/C27H31N3O4S/c1-20-4-3-5-21(18-20)19-30-16-14-22(15-17-30)27(31)28-23-8-12-26(13-9-23)35(32,33)29-24-6-10-25(34-2)11-7-24/h3-13,18,22,29H,14-17,19H2,1-2H3,(H,28,31). The minimum atomic E-state index is -3.74. The normalized spacial score (nSPS) is 14.9. The number of rotatable bonds is 8. The first-order valence-corrected chi connectivity index (χ1v) is 13.2. The third kappa shape index (κ3) is 6.61. The predicted molar refractivity (Wildman–Crippen MR) is 138 cm³/mol. The number of ether oxygens (including phenoxy) is 1. The summed E-state index contributed by atoms with van der Waals surface area (Å²) in [6.45, 7) is 4.75. The summed E-state index contributed by atoms with van der Waals surface area (Å²) in [7, 11) is -2.19. The van der Waals surface area contributed by atoms with E-state index in [1.807, 2.05) is 0 Å². The Morgan fingerprint density at radius 1 is 0.971 bits per heavy atom. The first-order valence-electron chi connectivity index (χ1n) is 11.7. The van der Waals surface area contributed by atoms with Crippen molar-refractivity contribution < 1.29 is 17.9 Å². The second-order valence-corrected chi connectivity index (χ2v) is 10.6. The second-order valence-electron chi connectivity index (χ2n) is 8.89. The molecule has 4 rings (SSSR count). The molecule has 0 unspecified atom stereocenters. The topological polar surface area (TPSA) is 87.7 Å². The van der Waals surface area contributed by atoms with E-state index in [2.05, 4.69) is 46.1 Å². The molecule has 0 saturated carbocycles. The summed E-state index contributed by atoms with van der Waals surface area (Å²) >= 11 is 0. The monoisotopic (exact) mass is 493 g/mol. The molecular weight excluding hydrogens is 462 g/mol. The smallest absolute Gasteiger partial charge is 0.261 e. The molecular formula is C27H31N3O4S. The van der Waals surface area contributed by atoms with E-state index in [1.54, 1.807) is 43.5 Å². The first kappa shape index (κ1) is 24.8. The van der Waals surface area contributed by atoms with Gasteiger partial charge in [-0.2, -0.15) is 0 Å². The Morgan fingerprint density at radius 3 is 2.26 bits per heavy atom. The first-order chi connectivity index (χ1) is 16.8. The number of piperidine rings is 1. The molecule has 3 aromatic carbocycles. The fraction of sp³-hybridized carbons (Fsp3) is 0.296. The number of carbonyl (C=O) groups excluding carboxylic acids is 1. The van der Waals surface area contributed by atoms with Gasteiger partial charge in [-0.3, -0.25) is 14.4 Å². The highest BCUT2D eigenvalue weighted by molar-refractivity contribution is 7.92. The molecule has 8 heteroatoms. The van der Waals surface area contributed by atoms with Gasteiger partial charge >= 0.3 is 0 Å². The van der Waals surface area contributed by atoms with Crippen LogP contribution in [0.5, 0.6) is 5.75 Å². The van der Waals surface area contributed by atoms with Crippen LogP contribution in [-0.2, 0) is 21.4 Å². The van der Waals surface area contributed by atoms with Gasteiger partial charge in [0.1, 0.15) is 5.75 Å². The Hall–Kier alpha value is -3.36. The largest absolute Gasteiger partial charge is 0.497 e. The fourth-order valence-electron chi connectivity index (χ4n) is 4.26. The molecule has 1 fully saturated rings. The van der Waals surface area contributed by atoms with Gasteiger partial charge in [-0.25, -0.2) is 8.42 Å². The number of anilines is 2. The number of benzene rings is 3. The van der Waals surface area contributed by atoms with Crippen LogP contribution in [0.15, 0.2) is 77.7 Å². The van der Waals surface area contributed by atoms with Crippen molar-refractivity contribution >= 4 is 27.3 Å². The molecule has 1 aliphatic heterocycles. The van der Waals surface area contributed by atoms with Gasteiger partial charge in [-0.05, 0) is 86.9 Å². The van der Waals surface area contributed by atoms with Crippen LogP contribution in [0.1, 0.15) is 24.0 Å². The summed E-state index contributed by atoms with van der Waals surface area (Å²) in [4.78, 5) is 15.3. The van der Waals surface area contributed by atoms with E-state index in [4.69, 9.17) is 4.74 Å². The van der Waals surface area contributed by atoms with Crippen LogP contribution in [0.3, 0.4) is 0 Å². The maximum absolute atomic E-state index is 12.8.